The SMILES string of the molecule is OC1(CN2CCCCC2)C=CC(Cl)=CC1. The van der Waals surface area contributed by atoms with Gasteiger partial charge in [0.25, 0.3) is 0 Å². The summed E-state index contributed by atoms with van der Waals surface area (Å²) in [5.74, 6) is 0. The Bertz CT molecular complexity index is 281. The number of hydrogen-bond acceptors (Lipinski definition) is 2. The normalized spacial score (nSPS) is 32.8. The van der Waals surface area contributed by atoms with E-state index < -0.39 is 5.60 Å². The molecule has 84 valence electrons. The maximum Gasteiger partial charge on any atom is 0.0992 e. The summed E-state index contributed by atoms with van der Waals surface area (Å²) in [6.45, 7) is 2.98. The maximum absolute atomic E-state index is 10.3. The first kappa shape index (κ1) is 11.2. The molecule has 1 aliphatic carbocycles. The monoisotopic (exact) mass is 227 g/mol. The molecule has 0 radical (unpaired) electrons. The highest BCUT2D eigenvalue weighted by Crippen LogP contribution is 2.24. The second-order valence-electron chi connectivity index (χ2n) is 4.57. The summed E-state index contributed by atoms with van der Waals surface area (Å²) in [6.07, 6.45) is 10.0. The van der Waals surface area contributed by atoms with Gasteiger partial charge < -0.3 is 10.0 Å². The van der Waals surface area contributed by atoms with Gasteiger partial charge in [-0.15, -0.1) is 0 Å². The topological polar surface area (TPSA) is 23.5 Å². The van der Waals surface area contributed by atoms with Crippen LogP contribution in [0.2, 0.25) is 0 Å². The Labute approximate surface area is 96.2 Å². The standard InChI is InChI=1S/C12H18ClNO/c13-11-4-6-12(15,7-5-11)10-14-8-2-1-3-9-14/h4-6,15H,1-3,7-10H2. The van der Waals surface area contributed by atoms with E-state index in [-0.39, 0.29) is 0 Å². The van der Waals surface area contributed by atoms with Gasteiger partial charge in [0.1, 0.15) is 0 Å². The Balaban J connectivity index is 1.90. The van der Waals surface area contributed by atoms with Crippen LogP contribution < -0.4 is 0 Å². The molecule has 0 spiro atoms. The summed E-state index contributed by atoms with van der Waals surface area (Å²) in [6, 6.07) is 0. The van der Waals surface area contributed by atoms with Crippen molar-refractivity contribution in [3.05, 3.63) is 23.3 Å². The van der Waals surface area contributed by atoms with Crippen LogP contribution in [0.1, 0.15) is 25.7 Å². The van der Waals surface area contributed by atoms with Gasteiger partial charge in [-0.3, -0.25) is 0 Å². The summed E-state index contributed by atoms with van der Waals surface area (Å²) < 4.78 is 0. The molecular formula is C12H18ClNO. The summed E-state index contributed by atoms with van der Waals surface area (Å²) in [7, 11) is 0. The van der Waals surface area contributed by atoms with E-state index in [1.807, 2.05) is 12.2 Å². The molecule has 15 heavy (non-hydrogen) atoms. The van der Waals surface area contributed by atoms with Crippen molar-refractivity contribution in [1.82, 2.24) is 4.90 Å². The number of β-amino-alcohol motifs (C(OH)–C–C–N with tert-alkyl or cyclic N) is 1. The number of rotatable bonds is 2. The van der Waals surface area contributed by atoms with Gasteiger partial charge in [-0.2, -0.15) is 0 Å². The molecule has 1 N–H and O–H groups in total. The quantitative estimate of drug-likeness (QED) is 0.783. The van der Waals surface area contributed by atoms with Crippen LogP contribution >= 0.6 is 11.6 Å². The minimum atomic E-state index is -0.699. The summed E-state index contributed by atoms with van der Waals surface area (Å²) in [4.78, 5) is 2.35. The third-order valence-electron chi connectivity index (χ3n) is 3.15. The van der Waals surface area contributed by atoms with Crippen LogP contribution in [-0.4, -0.2) is 35.2 Å². The van der Waals surface area contributed by atoms with Crippen LogP contribution in [0.5, 0.6) is 0 Å². The molecule has 2 nitrogen and oxygen atoms in total. The Hall–Kier alpha value is -0.310. The van der Waals surface area contributed by atoms with Gasteiger partial charge in [-0.05, 0) is 32.0 Å². The van der Waals surface area contributed by atoms with E-state index in [1.165, 1.54) is 19.3 Å². The minimum Gasteiger partial charge on any atom is -0.384 e. The highest BCUT2D eigenvalue weighted by atomic mass is 35.5. The summed E-state index contributed by atoms with van der Waals surface area (Å²) >= 11 is 5.84. The van der Waals surface area contributed by atoms with Gasteiger partial charge in [0.15, 0.2) is 0 Å². The lowest BCUT2D eigenvalue weighted by molar-refractivity contribution is 0.0402. The molecule has 2 rings (SSSR count). The second-order valence-corrected chi connectivity index (χ2v) is 5.00. The van der Waals surface area contributed by atoms with Gasteiger partial charge in [-0.1, -0.05) is 30.2 Å². The average molecular weight is 228 g/mol. The smallest absolute Gasteiger partial charge is 0.0992 e. The molecule has 1 atom stereocenters. The zero-order chi connectivity index (χ0) is 10.7. The molecule has 1 aliphatic heterocycles. The molecule has 0 aromatic rings. The summed E-state index contributed by atoms with van der Waals surface area (Å²) in [5.41, 5.74) is -0.699. The van der Waals surface area contributed by atoms with Crippen molar-refractivity contribution in [3.63, 3.8) is 0 Å². The number of piperidine rings is 1. The lowest BCUT2D eigenvalue weighted by Crippen LogP contribution is -2.44. The number of aliphatic hydroxyl groups is 1. The van der Waals surface area contributed by atoms with Crippen molar-refractivity contribution in [2.75, 3.05) is 19.6 Å². The highest BCUT2D eigenvalue weighted by Gasteiger charge is 2.28. The molecule has 0 amide bonds. The first-order valence-corrected chi connectivity index (χ1v) is 6.05. The average Bonchev–Trinajstić information content (AvgIpc) is 2.24. The predicted octanol–water partition coefficient (Wildman–Crippen LogP) is 2.29. The van der Waals surface area contributed by atoms with E-state index in [0.717, 1.165) is 24.7 Å². The van der Waals surface area contributed by atoms with E-state index >= 15 is 0 Å². The molecule has 0 bridgehead atoms. The van der Waals surface area contributed by atoms with Crippen LogP contribution in [0.4, 0.5) is 0 Å². The van der Waals surface area contributed by atoms with Crippen LogP contribution in [-0.2, 0) is 0 Å². The van der Waals surface area contributed by atoms with Crippen molar-refractivity contribution < 1.29 is 5.11 Å². The third kappa shape index (κ3) is 3.07. The number of likely N-dealkylation sites (tertiary alicyclic amines) is 1. The maximum atomic E-state index is 10.3. The fourth-order valence-electron chi connectivity index (χ4n) is 2.27. The van der Waals surface area contributed by atoms with Crippen LogP contribution in [0.25, 0.3) is 0 Å². The first-order valence-electron chi connectivity index (χ1n) is 5.68. The molecule has 1 fully saturated rings. The van der Waals surface area contributed by atoms with Gasteiger partial charge in [0.2, 0.25) is 0 Å². The molecular weight excluding hydrogens is 210 g/mol. The van der Waals surface area contributed by atoms with E-state index in [4.69, 9.17) is 11.6 Å². The first-order chi connectivity index (χ1) is 7.18. The molecule has 1 saturated heterocycles. The van der Waals surface area contributed by atoms with E-state index in [1.54, 1.807) is 6.08 Å². The lowest BCUT2D eigenvalue weighted by atomic mass is 9.94. The molecule has 0 saturated carbocycles. The van der Waals surface area contributed by atoms with Gasteiger partial charge in [0.05, 0.1) is 5.60 Å². The fourth-order valence-corrected chi connectivity index (χ4v) is 2.41. The fraction of sp³-hybridized carbons (Fsp3) is 0.667. The zero-order valence-corrected chi connectivity index (χ0v) is 9.71. The van der Waals surface area contributed by atoms with Crippen LogP contribution in [0.15, 0.2) is 23.3 Å². The number of hydrogen-bond donors (Lipinski definition) is 1. The van der Waals surface area contributed by atoms with E-state index in [9.17, 15) is 5.11 Å². The van der Waals surface area contributed by atoms with Crippen molar-refractivity contribution in [2.24, 2.45) is 0 Å². The van der Waals surface area contributed by atoms with E-state index in [2.05, 4.69) is 4.90 Å². The van der Waals surface area contributed by atoms with E-state index in [0.29, 0.717) is 6.42 Å². The Morgan fingerprint density at radius 2 is 2.07 bits per heavy atom. The Morgan fingerprint density at radius 1 is 1.33 bits per heavy atom. The molecule has 3 heteroatoms. The van der Waals surface area contributed by atoms with Crippen molar-refractivity contribution in [3.8, 4) is 0 Å². The van der Waals surface area contributed by atoms with Gasteiger partial charge >= 0.3 is 0 Å². The molecule has 2 aliphatic rings. The highest BCUT2D eigenvalue weighted by molar-refractivity contribution is 6.31. The molecule has 1 unspecified atom stereocenters. The largest absolute Gasteiger partial charge is 0.384 e. The molecule has 1 heterocycles. The number of allylic oxidation sites excluding steroid dienone is 2. The predicted molar refractivity (Wildman–Crippen MR) is 62.9 cm³/mol. The second kappa shape index (κ2) is 4.69. The number of nitrogens with zero attached hydrogens (tertiary/aromatic N) is 1. The summed E-state index contributed by atoms with van der Waals surface area (Å²) in [5, 5.41) is 11.0. The van der Waals surface area contributed by atoms with Gasteiger partial charge in [0, 0.05) is 18.0 Å². The lowest BCUT2D eigenvalue weighted by Gasteiger charge is -2.34. The van der Waals surface area contributed by atoms with Crippen molar-refractivity contribution in [2.45, 2.75) is 31.3 Å². The van der Waals surface area contributed by atoms with Crippen molar-refractivity contribution >= 4 is 11.6 Å². The Morgan fingerprint density at radius 3 is 2.67 bits per heavy atom. The van der Waals surface area contributed by atoms with Crippen LogP contribution in [0.3, 0.4) is 0 Å². The van der Waals surface area contributed by atoms with Gasteiger partial charge in [-0.25, -0.2) is 0 Å². The van der Waals surface area contributed by atoms with Crippen LogP contribution in [0, 0.1) is 0 Å². The molecule has 0 aromatic carbocycles. The molecule has 0 aromatic heterocycles. The third-order valence-corrected chi connectivity index (χ3v) is 3.43. The Kier molecular flexibility index (Phi) is 3.49. The van der Waals surface area contributed by atoms with Crippen molar-refractivity contribution in [1.29, 1.82) is 0 Å². The zero-order valence-electron chi connectivity index (χ0n) is 8.95. The minimum absolute atomic E-state index is 0.638. The number of halogens is 1.